The van der Waals surface area contributed by atoms with Crippen LogP contribution in [0.2, 0.25) is 6.32 Å². The van der Waals surface area contributed by atoms with Crippen LogP contribution in [0.1, 0.15) is 33.6 Å². The third kappa shape index (κ3) is 6.38. The molecule has 12 heteroatoms. The number of amides is 1. The summed E-state index contributed by atoms with van der Waals surface area (Å²) in [6.45, 7) is 5.48. The van der Waals surface area contributed by atoms with E-state index in [4.69, 9.17) is 27.2 Å². The van der Waals surface area contributed by atoms with Gasteiger partial charge in [-0.3, -0.25) is 4.79 Å². The molecule has 8 N–H and O–H groups in total. The zero-order valence-electron chi connectivity index (χ0n) is 16.4. The summed E-state index contributed by atoms with van der Waals surface area (Å²) in [5, 5.41) is 18.0. The molecule has 1 saturated heterocycles. The smallest absolute Gasteiger partial charge is 0.427 e. The largest absolute Gasteiger partial charge is 0.451 e. The normalized spacial score (nSPS) is 25.0. The Morgan fingerprint density at radius 3 is 2.48 bits per heavy atom. The predicted octanol–water partition coefficient (Wildman–Crippen LogP) is -2.10. The molecule has 0 spiro atoms. The SMILES string of the molecule is CC(C)CN(C(=O)C(N)CN)S(=O)(=O)N1C[C@H](CCCB(O)O)[C@@](C)(N)C1. The molecule has 1 unspecified atom stereocenters. The standard InChI is InChI=1S/C15H34BN5O5S/c1-11(2)8-21(14(22)13(18)7-17)27(25,26)20-9-12(15(3,19)10-20)5-4-6-16(23)24/h11-13,23-24H,4-10,17-19H2,1-3H3/t12-,13?,15-/m0/s1. The van der Waals surface area contributed by atoms with Crippen LogP contribution in [0.3, 0.4) is 0 Å². The molecule has 1 rings (SSSR count). The van der Waals surface area contributed by atoms with Crippen LogP contribution in [0, 0.1) is 11.8 Å². The van der Waals surface area contributed by atoms with Crippen LogP contribution >= 0.6 is 0 Å². The zero-order chi connectivity index (χ0) is 21.0. The van der Waals surface area contributed by atoms with E-state index in [0.29, 0.717) is 12.8 Å². The lowest BCUT2D eigenvalue weighted by Crippen LogP contribution is -2.55. The molecule has 0 aromatic heterocycles. The fourth-order valence-corrected chi connectivity index (χ4v) is 5.16. The fraction of sp³-hybridized carbons (Fsp3) is 0.933. The van der Waals surface area contributed by atoms with E-state index >= 15 is 0 Å². The van der Waals surface area contributed by atoms with Crippen LogP contribution in [-0.4, -0.2) is 77.9 Å². The lowest BCUT2D eigenvalue weighted by molar-refractivity contribution is -0.128. The van der Waals surface area contributed by atoms with Crippen LogP contribution in [0.25, 0.3) is 0 Å². The molecule has 0 aromatic rings. The highest BCUT2D eigenvalue weighted by molar-refractivity contribution is 7.87. The Hall–Kier alpha value is -0.755. The Morgan fingerprint density at radius 1 is 1.41 bits per heavy atom. The van der Waals surface area contributed by atoms with Gasteiger partial charge in [-0.15, -0.1) is 0 Å². The van der Waals surface area contributed by atoms with Gasteiger partial charge in [0.05, 0.1) is 6.04 Å². The second-order valence-electron chi connectivity index (χ2n) is 8.02. The van der Waals surface area contributed by atoms with Crippen molar-refractivity contribution in [3.8, 4) is 0 Å². The minimum Gasteiger partial charge on any atom is -0.427 e. The molecule has 0 radical (unpaired) electrons. The van der Waals surface area contributed by atoms with Gasteiger partial charge in [0.1, 0.15) is 0 Å². The number of carbonyl (C=O) groups excluding carboxylic acids is 1. The van der Waals surface area contributed by atoms with Gasteiger partial charge in [-0.05, 0) is 31.5 Å². The Labute approximate surface area is 162 Å². The molecule has 1 amide bonds. The van der Waals surface area contributed by atoms with Gasteiger partial charge in [0.25, 0.3) is 5.91 Å². The molecular formula is C15H34BN5O5S. The van der Waals surface area contributed by atoms with E-state index in [2.05, 4.69) is 0 Å². The Bertz CT molecular complexity index is 601. The van der Waals surface area contributed by atoms with Gasteiger partial charge in [0, 0.05) is 31.7 Å². The monoisotopic (exact) mass is 407 g/mol. The maximum atomic E-state index is 13.1. The second-order valence-corrected chi connectivity index (χ2v) is 9.87. The molecule has 0 aliphatic carbocycles. The molecule has 0 saturated carbocycles. The number of rotatable bonds is 10. The predicted molar refractivity (Wildman–Crippen MR) is 104 cm³/mol. The quantitative estimate of drug-likeness (QED) is 0.256. The maximum Gasteiger partial charge on any atom is 0.451 e. The second kappa shape index (κ2) is 9.63. The summed E-state index contributed by atoms with van der Waals surface area (Å²) in [7, 11) is -5.49. The molecule has 27 heavy (non-hydrogen) atoms. The number of hydrogen-bond acceptors (Lipinski definition) is 8. The third-order valence-corrected chi connectivity index (χ3v) is 6.66. The summed E-state index contributed by atoms with van der Waals surface area (Å²) in [5.74, 6) is -0.968. The summed E-state index contributed by atoms with van der Waals surface area (Å²) in [6.07, 6.45) is 1.26. The topological polar surface area (TPSA) is 176 Å². The lowest BCUT2D eigenvalue weighted by atomic mass is 9.79. The lowest BCUT2D eigenvalue weighted by Gasteiger charge is -2.30. The van der Waals surface area contributed by atoms with Crippen LogP contribution in [0.4, 0.5) is 0 Å². The molecule has 0 bridgehead atoms. The van der Waals surface area contributed by atoms with E-state index < -0.39 is 34.8 Å². The molecule has 3 atom stereocenters. The van der Waals surface area contributed by atoms with Crippen molar-refractivity contribution in [2.75, 3.05) is 26.2 Å². The number of nitrogens with zero attached hydrogens (tertiary/aromatic N) is 2. The zero-order valence-corrected chi connectivity index (χ0v) is 17.2. The van der Waals surface area contributed by atoms with E-state index in [0.717, 1.165) is 4.31 Å². The van der Waals surface area contributed by atoms with E-state index in [1.165, 1.54) is 4.31 Å². The van der Waals surface area contributed by atoms with Gasteiger partial charge >= 0.3 is 17.3 Å². The number of carbonyl (C=O) groups is 1. The first kappa shape index (κ1) is 24.3. The van der Waals surface area contributed by atoms with Crippen LogP contribution < -0.4 is 17.2 Å². The van der Waals surface area contributed by atoms with E-state index in [-0.39, 0.29) is 44.3 Å². The minimum absolute atomic E-state index is 0.00796. The number of hydrogen-bond donors (Lipinski definition) is 5. The van der Waals surface area contributed by atoms with E-state index in [1.54, 1.807) is 6.92 Å². The minimum atomic E-state index is -4.09. The fourth-order valence-electron chi connectivity index (χ4n) is 3.23. The molecule has 1 heterocycles. The summed E-state index contributed by atoms with van der Waals surface area (Å²) >= 11 is 0. The average molecular weight is 407 g/mol. The van der Waals surface area contributed by atoms with Crippen molar-refractivity contribution in [3.63, 3.8) is 0 Å². The van der Waals surface area contributed by atoms with Crippen molar-refractivity contribution in [3.05, 3.63) is 0 Å². The molecule has 158 valence electrons. The Kier molecular flexibility index (Phi) is 8.67. The van der Waals surface area contributed by atoms with Crippen molar-refractivity contribution >= 4 is 23.2 Å². The van der Waals surface area contributed by atoms with Gasteiger partial charge in [-0.25, -0.2) is 4.31 Å². The van der Waals surface area contributed by atoms with Gasteiger partial charge < -0.3 is 27.2 Å². The number of nitrogens with two attached hydrogens (primary N) is 3. The summed E-state index contributed by atoms with van der Waals surface area (Å²) in [5.41, 5.74) is 16.7. The molecule has 1 fully saturated rings. The average Bonchev–Trinajstić information content (AvgIpc) is 2.86. The highest BCUT2D eigenvalue weighted by Gasteiger charge is 2.47. The summed E-state index contributed by atoms with van der Waals surface area (Å²) in [6, 6.07) is -1.09. The molecule has 0 aromatic carbocycles. The third-order valence-electron chi connectivity index (χ3n) is 4.84. The van der Waals surface area contributed by atoms with Crippen LogP contribution in [-0.2, 0) is 15.0 Å². The molecular weight excluding hydrogens is 373 g/mol. The first-order chi connectivity index (χ1) is 12.3. The Balaban J connectivity index is 3.00. The van der Waals surface area contributed by atoms with E-state index in [1.807, 2.05) is 13.8 Å². The Morgan fingerprint density at radius 2 is 2.00 bits per heavy atom. The van der Waals surface area contributed by atoms with Crippen molar-refractivity contribution in [2.24, 2.45) is 29.0 Å². The van der Waals surface area contributed by atoms with Crippen molar-refractivity contribution in [1.82, 2.24) is 8.61 Å². The van der Waals surface area contributed by atoms with Gasteiger partial charge in [-0.2, -0.15) is 12.7 Å². The molecule has 10 nitrogen and oxygen atoms in total. The van der Waals surface area contributed by atoms with Crippen molar-refractivity contribution in [2.45, 2.75) is 51.5 Å². The van der Waals surface area contributed by atoms with Crippen molar-refractivity contribution < 1.29 is 23.3 Å². The molecule has 1 aliphatic heterocycles. The summed E-state index contributed by atoms with van der Waals surface area (Å²) < 4.78 is 28.3. The highest BCUT2D eigenvalue weighted by Crippen LogP contribution is 2.32. The van der Waals surface area contributed by atoms with E-state index in [9.17, 15) is 13.2 Å². The summed E-state index contributed by atoms with van der Waals surface area (Å²) in [4.78, 5) is 12.5. The first-order valence-corrected chi connectivity index (χ1v) is 10.6. The highest BCUT2D eigenvalue weighted by atomic mass is 32.2. The van der Waals surface area contributed by atoms with Crippen molar-refractivity contribution in [1.29, 1.82) is 0 Å². The van der Waals surface area contributed by atoms with Crippen LogP contribution in [0.15, 0.2) is 0 Å². The first-order valence-electron chi connectivity index (χ1n) is 9.25. The van der Waals surface area contributed by atoms with Crippen LogP contribution in [0.5, 0.6) is 0 Å². The van der Waals surface area contributed by atoms with Gasteiger partial charge in [-0.1, -0.05) is 20.3 Å². The molecule has 1 aliphatic rings. The van der Waals surface area contributed by atoms with Gasteiger partial charge in [0.2, 0.25) is 0 Å². The van der Waals surface area contributed by atoms with Gasteiger partial charge in [0.15, 0.2) is 0 Å². The maximum absolute atomic E-state index is 13.1.